The number of rotatable bonds is 6. The molecule has 0 bridgehead atoms. The quantitative estimate of drug-likeness (QED) is 0.789. The minimum Gasteiger partial charge on any atom is -0.380 e. The van der Waals surface area contributed by atoms with E-state index in [9.17, 15) is 4.79 Å². The van der Waals surface area contributed by atoms with Crippen LogP contribution in [0.1, 0.15) is 19.3 Å². The average molecular weight is 330 g/mol. The molecule has 1 aliphatic heterocycles. The first-order chi connectivity index (χ1) is 8.56. The van der Waals surface area contributed by atoms with Crippen molar-refractivity contribution in [1.82, 2.24) is 9.80 Å². The van der Waals surface area contributed by atoms with Crippen molar-refractivity contribution in [2.75, 3.05) is 47.4 Å². The van der Waals surface area contributed by atoms with Crippen molar-refractivity contribution in [1.29, 1.82) is 0 Å². The number of hydrogen-bond acceptors (Lipinski definition) is 4. The first-order valence-electron chi connectivity index (χ1n) is 6.72. The van der Waals surface area contributed by atoms with Crippen LogP contribution in [-0.2, 0) is 9.53 Å². The molecule has 0 saturated carbocycles. The van der Waals surface area contributed by atoms with Crippen LogP contribution < -0.4 is 5.73 Å². The molecule has 7 heteroatoms. The van der Waals surface area contributed by atoms with E-state index < -0.39 is 0 Å². The Morgan fingerprint density at radius 2 is 2.15 bits per heavy atom. The lowest BCUT2D eigenvalue weighted by Crippen LogP contribution is -2.41. The Bertz CT molecular complexity index is 266. The molecule has 20 heavy (non-hydrogen) atoms. The van der Waals surface area contributed by atoms with Gasteiger partial charge in [0.15, 0.2) is 0 Å². The van der Waals surface area contributed by atoms with Gasteiger partial charge < -0.3 is 20.3 Å². The summed E-state index contributed by atoms with van der Waals surface area (Å²) in [5.41, 5.74) is 5.53. The van der Waals surface area contributed by atoms with Crippen LogP contribution in [0.3, 0.4) is 0 Å². The highest BCUT2D eigenvalue weighted by Gasteiger charge is 2.22. The number of carbonyl (C=O) groups is 1. The predicted octanol–water partition coefficient (Wildman–Crippen LogP) is 0.994. The number of nitrogens with zero attached hydrogens (tertiary/aromatic N) is 2. The van der Waals surface area contributed by atoms with Crippen LogP contribution in [0.5, 0.6) is 0 Å². The first-order valence-corrected chi connectivity index (χ1v) is 6.72. The van der Waals surface area contributed by atoms with Crippen molar-refractivity contribution < 1.29 is 9.53 Å². The van der Waals surface area contributed by atoms with Gasteiger partial charge >= 0.3 is 0 Å². The van der Waals surface area contributed by atoms with Gasteiger partial charge in [0, 0.05) is 33.8 Å². The van der Waals surface area contributed by atoms with Crippen molar-refractivity contribution in [2.24, 2.45) is 11.7 Å². The van der Waals surface area contributed by atoms with Crippen molar-refractivity contribution in [3.63, 3.8) is 0 Å². The number of methoxy groups -OCH3 is 1. The second kappa shape index (κ2) is 11.6. The molecule has 1 rings (SSSR count). The fraction of sp³-hybridized carbons (Fsp3) is 0.923. The van der Waals surface area contributed by atoms with Crippen molar-refractivity contribution >= 4 is 30.7 Å². The highest BCUT2D eigenvalue weighted by molar-refractivity contribution is 5.85. The van der Waals surface area contributed by atoms with Crippen LogP contribution in [0, 0.1) is 5.92 Å². The summed E-state index contributed by atoms with van der Waals surface area (Å²) >= 11 is 0. The number of piperidine rings is 1. The third kappa shape index (κ3) is 7.64. The molecule has 1 amide bonds. The van der Waals surface area contributed by atoms with Crippen LogP contribution in [0.15, 0.2) is 0 Å². The molecular weight excluding hydrogens is 301 g/mol. The average Bonchev–Trinajstić information content (AvgIpc) is 2.35. The second-order valence-electron chi connectivity index (χ2n) is 5.34. The van der Waals surface area contributed by atoms with Gasteiger partial charge in [0.1, 0.15) is 0 Å². The molecule has 0 aromatic rings. The van der Waals surface area contributed by atoms with E-state index in [1.807, 2.05) is 11.9 Å². The van der Waals surface area contributed by atoms with E-state index in [2.05, 4.69) is 11.9 Å². The number of ether oxygens (including phenoxy) is 1. The molecule has 0 aromatic heterocycles. The Morgan fingerprint density at radius 1 is 1.50 bits per heavy atom. The molecule has 1 saturated heterocycles. The zero-order chi connectivity index (χ0) is 13.5. The van der Waals surface area contributed by atoms with E-state index in [4.69, 9.17) is 10.5 Å². The molecule has 2 unspecified atom stereocenters. The lowest BCUT2D eigenvalue weighted by Gasteiger charge is -2.32. The van der Waals surface area contributed by atoms with Gasteiger partial charge in [-0.15, -0.1) is 24.8 Å². The molecule has 2 N–H and O–H groups in total. The number of hydrogen-bond donors (Lipinski definition) is 1. The van der Waals surface area contributed by atoms with Crippen molar-refractivity contribution in [2.45, 2.75) is 25.4 Å². The number of carbonyl (C=O) groups excluding carboxylic acids is 1. The molecule has 0 spiro atoms. The standard InChI is InChI=1S/C13H27N3O2.2ClH/c1-15-6-4-5-11(9-15)10-16(2)13(17)7-12(8-14)18-3;;/h11-12H,4-10,14H2,1-3H3;2*1H. The van der Waals surface area contributed by atoms with Gasteiger partial charge in [-0.05, 0) is 32.4 Å². The maximum atomic E-state index is 12.0. The monoisotopic (exact) mass is 329 g/mol. The highest BCUT2D eigenvalue weighted by Crippen LogP contribution is 2.16. The van der Waals surface area contributed by atoms with Crippen molar-refractivity contribution in [3.05, 3.63) is 0 Å². The Kier molecular flexibility index (Phi) is 12.9. The predicted molar refractivity (Wildman–Crippen MR) is 86.8 cm³/mol. The van der Waals surface area contributed by atoms with E-state index in [0.717, 1.165) is 13.1 Å². The Hall–Kier alpha value is -0.0700. The van der Waals surface area contributed by atoms with E-state index in [0.29, 0.717) is 18.9 Å². The maximum Gasteiger partial charge on any atom is 0.224 e. The Labute approximate surface area is 135 Å². The lowest BCUT2D eigenvalue weighted by atomic mass is 9.98. The number of halogens is 2. The largest absolute Gasteiger partial charge is 0.380 e. The minimum absolute atomic E-state index is 0. The molecular formula is C13H29Cl2N3O2. The second-order valence-corrected chi connectivity index (χ2v) is 5.34. The maximum absolute atomic E-state index is 12.0. The molecule has 0 aliphatic carbocycles. The molecule has 1 heterocycles. The van der Waals surface area contributed by atoms with Gasteiger partial charge in [-0.25, -0.2) is 0 Å². The number of nitrogens with two attached hydrogens (primary N) is 1. The Balaban J connectivity index is 0. The van der Waals surface area contributed by atoms with Gasteiger partial charge in [0.25, 0.3) is 0 Å². The summed E-state index contributed by atoms with van der Waals surface area (Å²) in [5, 5.41) is 0. The summed E-state index contributed by atoms with van der Waals surface area (Å²) in [4.78, 5) is 16.2. The summed E-state index contributed by atoms with van der Waals surface area (Å²) in [6.07, 6.45) is 2.67. The van der Waals surface area contributed by atoms with Crippen molar-refractivity contribution in [3.8, 4) is 0 Å². The van der Waals surface area contributed by atoms with E-state index in [1.165, 1.54) is 19.4 Å². The summed E-state index contributed by atoms with van der Waals surface area (Å²) in [6.45, 7) is 3.49. The van der Waals surface area contributed by atoms with E-state index in [-0.39, 0.29) is 36.8 Å². The molecule has 0 aromatic carbocycles. The molecule has 122 valence electrons. The SMILES string of the molecule is COC(CN)CC(=O)N(C)CC1CCCN(C)C1.Cl.Cl. The highest BCUT2D eigenvalue weighted by atomic mass is 35.5. The number of amides is 1. The summed E-state index contributed by atoms with van der Waals surface area (Å²) in [7, 11) is 5.62. The summed E-state index contributed by atoms with van der Waals surface area (Å²) in [5.74, 6) is 0.720. The smallest absolute Gasteiger partial charge is 0.224 e. The fourth-order valence-electron chi connectivity index (χ4n) is 2.52. The zero-order valence-electron chi connectivity index (χ0n) is 12.7. The topological polar surface area (TPSA) is 58.8 Å². The number of likely N-dealkylation sites (tertiary alicyclic amines) is 1. The van der Waals surface area contributed by atoms with Crippen LogP contribution in [0.2, 0.25) is 0 Å². The van der Waals surface area contributed by atoms with Gasteiger partial charge in [0.2, 0.25) is 5.91 Å². The summed E-state index contributed by atoms with van der Waals surface area (Å²) in [6, 6.07) is 0. The molecule has 2 atom stereocenters. The van der Waals surface area contributed by atoms with E-state index in [1.54, 1.807) is 7.11 Å². The van der Waals surface area contributed by atoms with Crippen LogP contribution >= 0.6 is 24.8 Å². The fourth-order valence-corrected chi connectivity index (χ4v) is 2.52. The van der Waals surface area contributed by atoms with Gasteiger partial charge in [-0.3, -0.25) is 4.79 Å². The molecule has 0 radical (unpaired) electrons. The Morgan fingerprint density at radius 3 is 2.65 bits per heavy atom. The zero-order valence-corrected chi connectivity index (χ0v) is 14.3. The van der Waals surface area contributed by atoms with Gasteiger partial charge in [-0.1, -0.05) is 0 Å². The van der Waals surface area contributed by atoms with Gasteiger partial charge in [0.05, 0.1) is 12.5 Å². The first kappa shape index (κ1) is 22.2. The normalized spacial score (nSPS) is 20.5. The third-order valence-corrected chi connectivity index (χ3v) is 3.68. The van der Waals surface area contributed by atoms with Crippen LogP contribution in [0.4, 0.5) is 0 Å². The molecule has 1 aliphatic rings. The summed E-state index contributed by atoms with van der Waals surface area (Å²) < 4.78 is 5.15. The molecule has 1 fully saturated rings. The third-order valence-electron chi connectivity index (χ3n) is 3.68. The van der Waals surface area contributed by atoms with E-state index >= 15 is 0 Å². The lowest BCUT2D eigenvalue weighted by molar-refractivity contribution is -0.133. The van der Waals surface area contributed by atoms with Gasteiger partial charge in [-0.2, -0.15) is 0 Å². The van der Waals surface area contributed by atoms with Crippen LogP contribution in [0.25, 0.3) is 0 Å². The van der Waals surface area contributed by atoms with Crippen LogP contribution in [-0.4, -0.2) is 69.2 Å². The minimum atomic E-state index is -0.158. The molecule has 5 nitrogen and oxygen atoms in total.